The average molecular weight is 184 g/mol. The zero-order valence-electron chi connectivity index (χ0n) is 7.63. The molecule has 0 aromatic heterocycles. The Morgan fingerprint density at radius 2 is 2.31 bits per heavy atom. The summed E-state index contributed by atoms with van der Waals surface area (Å²) in [6, 6.07) is 0. The standard InChI is InChI=1S/C10H13FO2/c1-3-6-10(11)7-4-5-8-13-9(2)12/h3-4,6-7H,1,5,8H2,2H3/b7-4-,10-6+. The lowest BCUT2D eigenvalue weighted by Gasteiger charge is -1.95. The number of hydrogen-bond donors (Lipinski definition) is 0. The summed E-state index contributed by atoms with van der Waals surface area (Å²) in [5.41, 5.74) is 0. The van der Waals surface area contributed by atoms with Crippen molar-refractivity contribution in [2.45, 2.75) is 13.3 Å². The van der Waals surface area contributed by atoms with Gasteiger partial charge in [0.25, 0.3) is 0 Å². The van der Waals surface area contributed by atoms with E-state index in [0.29, 0.717) is 6.42 Å². The lowest BCUT2D eigenvalue weighted by Crippen LogP contribution is -1.98. The molecule has 0 saturated carbocycles. The van der Waals surface area contributed by atoms with Crippen LogP contribution >= 0.6 is 0 Å². The summed E-state index contributed by atoms with van der Waals surface area (Å²) in [5.74, 6) is -0.687. The van der Waals surface area contributed by atoms with E-state index < -0.39 is 0 Å². The van der Waals surface area contributed by atoms with Gasteiger partial charge in [-0.2, -0.15) is 0 Å². The Morgan fingerprint density at radius 1 is 1.62 bits per heavy atom. The number of hydrogen-bond acceptors (Lipinski definition) is 2. The summed E-state index contributed by atoms with van der Waals surface area (Å²) in [6.07, 6.45) is 6.04. The maximum Gasteiger partial charge on any atom is 0.302 e. The molecule has 0 aromatic rings. The van der Waals surface area contributed by atoms with Crippen molar-refractivity contribution in [1.82, 2.24) is 0 Å². The van der Waals surface area contributed by atoms with E-state index in [2.05, 4.69) is 11.3 Å². The van der Waals surface area contributed by atoms with Gasteiger partial charge in [-0.05, 0) is 18.6 Å². The average Bonchev–Trinajstić information content (AvgIpc) is 2.03. The molecule has 0 spiro atoms. The number of rotatable bonds is 5. The number of halogens is 1. The van der Waals surface area contributed by atoms with Crippen molar-refractivity contribution in [2.24, 2.45) is 0 Å². The third-order valence-electron chi connectivity index (χ3n) is 1.14. The van der Waals surface area contributed by atoms with E-state index in [-0.39, 0.29) is 18.4 Å². The van der Waals surface area contributed by atoms with Gasteiger partial charge in [0.2, 0.25) is 0 Å². The molecule has 0 rings (SSSR count). The fourth-order valence-corrected chi connectivity index (χ4v) is 0.635. The summed E-state index contributed by atoms with van der Waals surface area (Å²) in [5, 5.41) is 0. The number of carbonyl (C=O) groups is 1. The summed E-state index contributed by atoms with van der Waals surface area (Å²) >= 11 is 0. The van der Waals surface area contributed by atoms with Gasteiger partial charge in [0.15, 0.2) is 0 Å². The van der Waals surface area contributed by atoms with Crippen LogP contribution < -0.4 is 0 Å². The molecule has 2 nitrogen and oxygen atoms in total. The van der Waals surface area contributed by atoms with E-state index in [4.69, 9.17) is 0 Å². The fraction of sp³-hybridized carbons (Fsp3) is 0.300. The molecule has 0 N–H and O–H groups in total. The molecule has 0 saturated heterocycles. The van der Waals surface area contributed by atoms with Crippen LogP contribution in [0.5, 0.6) is 0 Å². The maximum absolute atomic E-state index is 12.6. The molecule has 3 heteroatoms. The first kappa shape index (κ1) is 11.6. The van der Waals surface area contributed by atoms with E-state index in [0.717, 1.165) is 0 Å². The Hall–Kier alpha value is -1.38. The molecule has 0 aliphatic carbocycles. The normalized spacial score (nSPS) is 11.7. The van der Waals surface area contributed by atoms with Gasteiger partial charge >= 0.3 is 5.97 Å². The molecular formula is C10H13FO2. The van der Waals surface area contributed by atoms with Crippen molar-refractivity contribution < 1.29 is 13.9 Å². The number of carbonyl (C=O) groups excluding carboxylic acids is 1. The van der Waals surface area contributed by atoms with Crippen molar-refractivity contribution in [3.05, 3.63) is 36.7 Å². The zero-order chi connectivity index (χ0) is 10.1. The Bertz CT molecular complexity index is 229. The minimum atomic E-state index is -0.363. The van der Waals surface area contributed by atoms with E-state index in [1.807, 2.05) is 0 Å². The second kappa shape index (κ2) is 7.28. The van der Waals surface area contributed by atoms with Crippen LogP contribution in [0.25, 0.3) is 0 Å². The largest absolute Gasteiger partial charge is 0.466 e. The van der Waals surface area contributed by atoms with Crippen LogP contribution in [-0.2, 0) is 9.53 Å². The zero-order valence-corrected chi connectivity index (χ0v) is 7.63. The number of allylic oxidation sites excluding steroid dienone is 4. The van der Waals surface area contributed by atoms with Crippen LogP contribution in [0.4, 0.5) is 4.39 Å². The van der Waals surface area contributed by atoms with Gasteiger partial charge in [-0.15, -0.1) is 0 Å². The molecule has 72 valence electrons. The topological polar surface area (TPSA) is 26.3 Å². The Balaban J connectivity index is 3.57. The third-order valence-corrected chi connectivity index (χ3v) is 1.14. The van der Waals surface area contributed by atoms with Crippen molar-refractivity contribution in [3.8, 4) is 0 Å². The molecule has 0 unspecified atom stereocenters. The van der Waals surface area contributed by atoms with E-state index in [1.54, 1.807) is 6.08 Å². The first-order valence-electron chi connectivity index (χ1n) is 3.95. The third kappa shape index (κ3) is 8.53. The quantitative estimate of drug-likeness (QED) is 0.373. The predicted molar refractivity (Wildman–Crippen MR) is 49.8 cm³/mol. The van der Waals surface area contributed by atoms with Crippen molar-refractivity contribution in [2.75, 3.05) is 6.61 Å². The molecule has 13 heavy (non-hydrogen) atoms. The molecule has 0 amide bonds. The first-order valence-corrected chi connectivity index (χ1v) is 3.95. The molecule has 0 heterocycles. The molecule has 0 atom stereocenters. The maximum atomic E-state index is 12.6. The molecule has 0 aliphatic rings. The molecule has 0 aliphatic heterocycles. The van der Waals surface area contributed by atoms with Gasteiger partial charge in [-0.25, -0.2) is 4.39 Å². The monoisotopic (exact) mass is 184 g/mol. The van der Waals surface area contributed by atoms with Crippen LogP contribution in [0, 0.1) is 0 Å². The van der Waals surface area contributed by atoms with E-state index in [1.165, 1.54) is 25.2 Å². The van der Waals surface area contributed by atoms with Gasteiger partial charge in [-0.1, -0.05) is 18.7 Å². The highest BCUT2D eigenvalue weighted by Crippen LogP contribution is 1.99. The minimum absolute atomic E-state index is 0.285. The van der Waals surface area contributed by atoms with Crippen LogP contribution in [0.15, 0.2) is 36.7 Å². The van der Waals surface area contributed by atoms with Crippen LogP contribution in [0.2, 0.25) is 0 Å². The van der Waals surface area contributed by atoms with E-state index in [9.17, 15) is 9.18 Å². The highest BCUT2D eigenvalue weighted by atomic mass is 19.1. The summed E-state index contributed by atoms with van der Waals surface area (Å²) in [7, 11) is 0. The van der Waals surface area contributed by atoms with Gasteiger partial charge in [0.1, 0.15) is 5.83 Å². The second-order valence-corrected chi connectivity index (χ2v) is 2.32. The Labute approximate surface area is 77.4 Å². The molecule has 0 bridgehead atoms. The first-order chi connectivity index (χ1) is 6.16. The lowest BCUT2D eigenvalue weighted by atomic mass is 10.3. The highest BCUT2D eigenvalue weighted by Gasteiger charge is 1.89. The Kier molecular flexibility index (Phi) is 6.51. The predicted octanol–water partition coefficient (Wildman–Crippen LogP) is 2.54. The smallest absolute Gasteiger partial charge is 0.302 e. The Morgan fingerprint density at radius 3 is 2.85 bits per heavy atom. The minimum Gasteiger partial charge on any atom is -0.466 e. The number of esters is 1. The van der Waals surface area contributed by atoms with Gasteiger partial charge in [0.05, 0.1) is 6.61 Å². The van der Waals surface area contributed by atoms with Crippen LogP contribution in [-0.4, -0.2) is 12.6 Å². The molecule has 0 radical (unpaired) electrons. The van der Waals surface area contributed by atoms with Crippen LogP contribution in [0.3, 0.4) is 0 Å². The van der Waals surface area contributed by atoms with Crippen molar-refractivity contribution >= 4 is 5.97 Å². The molecular weight excluding hydrogens is 171 g/mol. The molecule has 0 fully saturated rings. The summed E-state index contributed by atoms with van der Waals surface area (Å²) in [4.78, 5) is 10.3. The molecule has 0 aromatic carbocycles. The summed E-state index contributed by atoms with van der Waals surface area (Å²) < 4.78 is 17.2. The summed E-state index contributed by atoms with van der Waals surface area (Å²) in [6.45, 7) is 4.97. The van der Waals surface area contributed by atoms with Gasteiger partial charge < -0.3 is 4.74 Å². The lowest BCUT2D eigenvalue weighted by molar-refractivity contribution is -0.140. The van der Waals surface area contributed by atoms with Crippen molar-refractivity contribution in [3.63, 3.8) is 0 Å². The SMILES string of the molecule is C=C/C=C(F)\C=C/CCOC(C)=O. The second-order valence-electron chi connectivity index (χ2n) is 2.32. The van der Waals surface area contributed by atoms with Crippen molar-refractivity contribution in [1.29, 1.82) is 0 Å². The fourth-order valence-electron chi connectivity index (χ4n) is 0.635. The van der Waals surface area contributed by atoms with Gasteiger partial charge in [-0.3, -0.25) is 4.79 Å². The van der Waals surface area contributed by atoms with Crippen LogP contribution in [0.1, 0.15) is 13.3 Å². The highest BCUT2D eigenvalue weighted by molar-refractivity contribution is 5.65. The number of ether oxygens (including phenoxy) is 1. The van der Waals surface area contributed by atoms with Gasteiger partial charge in [0, 0.05) is 6.92 Å². The van der Waals surface area contributed by atoms with E-state index >= 15 is 0 Å².